The first-order valence-electron chi connectivity index (χ1n) is 3.37. The van der Waals surface area contributed by atoms with Crippen LogP contribution in [0.4, 0.5) is 0 Å². The predicted molar refractivity (Wildman–Crippen MR) is 40.9 cm³/mol. The van der Waals surface area contributed by atoms with Crippen molar-refractivity contribution in [3.63, 3.8) is 0 Å². The molecule has 2 heteroatoms. The van der Waals surface area contributed by atoms with Gasteiger partial charge in [0.2, 0.25) is 15.2 Å². The summed E-state index contributed by atoms with van der Waals surface area (Å²) >= 11 is 2.58. The van der Waals surface area contributed by atoms with Crippen molar-refractivity contribution < 1.29 is 20.4 Å². The third-order valence-corrected chi connectivity index (χ3v) is 1.35. The van der Waals surface area contributed by atoms with E-state index in [2.05, 4.69) is 56.3 Å². The maximum absolute atomic E-state index is 2.26. The molecule has 0 unspecified atom stereocenters. The SMILES string of the molecule is [CH3][AlH][CH3].[Ti][CH]1C=CC=C1. The predicted octanol–water partition coefficient (Wildman–Crippen LogP) is 1.97. The Morgan fingerprint density at radius 2 is 1.56 bits per heavy atom. The summed E-state index contributed by atoms with van der Waals surface area (Å²) in [6.07, 6.45) is 8.48. The molecule has 0 aromatic heterocycles. The molecule has 0 aliphatic heterocycles. The summed E-state index contributed by atoms with van der Waals surface area (Å²) in [5.41, 5.74) is 0. The molecule has 0 spiro atoms. The summed E-state index contributed by atoms with van der Waals surface area (Å²) in [4.78, 5) is 0. The van der Waals surface area contributed by atoms with Crippen LogP contribution in [0.1, 0.15) is 0 Å². The van der Waals surface area contributed by atoms with Gasteiger partial charge < -0.3 is 0 Å². The van der Waals surface area contributed by atoms with E-state index < -0.39 is 0 Å². The normalized spacial score (nSPS) is 14.8. The summed E-state index contributed by atoms with van der Waals surface area (Å²) in [7, 11) is 0. The van der Waals surface area contributed by atoms with E-state index in [1.54, 1.807) is 0 Å². The van der Waals surface area contributed by atoms with Crippen molar-refractivity contribution in [2.75, 3.05) is 0 Å². The van der Waals surface area contributed by atoms with Crippen molar-refractivity contribution in [3.8, 4) is 0 Å². The maximum atomic E-state index is 2.26. The summed E-state index contributed by atoms with van der Waals surface area (Å²) < 4.78 is 0.685. The van der Waals surface area contributed by atoms with Crippen molar-refractivity contribution in [3.05, 3.63) is 24.3 Å². The van der Waals surface area contributed by atoms with E-state index in [1.165, 1.54) is 0 Å². The van der Waals surface area contributed by atoms with Crippen molar-refractivity contribution in [2.45, 2.75) is 15.8 Å². The Hall–Kier alpha value is 0.727. The fourth-order valence-corrected chi connectivity index (χ4v) is 0.779. The zero-order valence-corrected chi connectivity index (χ0v) is 9.07. The molecule has 47 valence electrons. The van der Waals surface area contributed by atoms with Gasteiger partial charge in [-0.3, -0.25) is 0 Å². The fraction of sp³-hybridized carbons (Fsp3) is 0.429. The first kappa shape index (κ1) is 9.73. The molecule has 0 radical (unpaired) electrons. The molecule has 9 heavy (non-hydrogen) atoms. The molecule has 0 aromatic carbocycles. The fourth-order valence-electron chi connectivity index (χ4n) is 0.432. The van der Waals surface area contributed by atoms with Gasteiger partial charge in [0.05, 0.1) is 0 Å². The van der Waals surface area contributed by atoms with Crippen LogP contribution >= 0.6 is 0 Å². The molecule has 0 saturated heterocycles. The number of allylic oxidation sites excluding steroid dienone is 4. The van der Waals surface area contributed by atoms with Crippen molar-refractivity contribution in [2.24, 2.45) is 0 Å². The van der Waals surface area contributed by atoms with Gasteiger partial charge in [0.15, 0.2) is 0 Å². The van der Waals surface area contributed by atoms with Gasteiger partial charge in [-0.25, -0.2) is 0 Å². The Kier molecular flexibility index (Phi) is 7.39. The van der Waals surface area contributed by atoms with Gasteiger partial charge in [-0.1, -0.05) is 0 Å². The van der Waals surface area contributed by atoms with Gasteiger partial charge in [-0.2, -0.15) is 0 Å². The van der Waals surface area contributed by atoms with Gasteiger partial charge >= 0.3 is 49.0 Å². The average Bonchev–Trinajstić information content (AvgIpc) is 2.20. The Labute approximate surface area is 75.5 Å². The molecule has 0 aromatic rings. The van der Waals surface area contributed by atoms with E-state index in [1.807, 2.05) is 0 Å². The minimum atomic E-state index is 0.417. The van der Waals surface area contributed by atoms with Crippen LogP contribution in [0.3, 0.4) is 0 Å². The molecule has 1 aliphatic rings. The first-order chi connectivity index (χ1) is 4.31. The topological polar surface area (TPSA) is 0 Å². The number of hydrogen-bond acceptors (Lipinski definition) is 0. The monoisotopic (exact) mass is 171 g/mol. The Balaban J connectivity index is 0.000000187. The molecule has 0 bridgehead atoms. The molecule has 0 saturated carbocycles. The molecular weight excluding hydrogens is 159 g/mol. The average molecular weight is 171 g/mol. The van der Waals surface area contributed by atoms with Gasteiger partial charge in [0, 0.05) is 0 Å². The Bertz CT molecular complexity index is 95.5. The molecule has 0 heterocycles. The van der Waals surface area contributed by atoms with Crippen LogP contribution in [-0.4, -0.2) is 15.2 Å². The van der Waals surface area contributed by atoms with Crippen LogP contribution in [0.15, 0.2) is 24.3 Å². The van der Waals surface area contributed by atoms with Gasteiger partial charge in [-0.05, 0) is 0 Å². The van der Waals surface area contributed by atoms with Crippen LogP contribution in [-0.2, 0) is 20.4 Å². The van der Waals surface area contributed by atoms with Crippen molar-refractivity contribution in [1.29, 1.82) is 0 Å². The minimum absolute atomic E-state index is 0.417. The summed E-state index contributed by atoms with van der Waals surface area (Å²) in [5, 5.41) is 0. The molecule has 1 rings (SSSR count). The van der Waals surface area contributed by atoms with Crippen molar-refractivity contribution >= 4 is 15.2 Å². The standard InChI is InChI=1S/C5H5.2CH3.Al.Ti.H/c1-2-4-5-3-1;;;;;/h1-5H;2*1H3;;;. The van der Waals surface area contributed by atoms with Crippen LogP contribution in [0.5, 0.6) is 0 Å². The number of rotatable bonds is 0. The van der Waals surface area contributed by atoms with Crippen LogP contribution in [0.2, 0.25) is 15.8 Å². The van der Waals surface area contributed by atoms with Gasteiger partial charge in [0.25, 0.3) is 0 Å². The third kappa shape index (κ3) is 6.61. The van der Waals surface area contributed by atoms with E-state index in [9.17, 15) is 0 Å². The molecule has 1 aliphatic carbocycles. The zero-order valence-electron chi connectivity index (χ0n) is 6.09. The number of hydrogen-bond donors (Lipinski definition) is 0. The molecule has 0 amide bonds. The Morgan fingerprint density at radius 1 is 1.22 bits per heavy atom. The summed E-state index contributed by atoms with van der Waals surface area (Å²) in [6.45, 7) is 0. The Morgan fingerprint density at radius 3 is 1.67 bits per heavy atom. The van der Waals surface area contributed by atoms with E-state index in [-0.39, 0.29) is 0 Å². The molecule has 0 fully saturated rings. The van der Waals surface area contributed by atoms with Gasteiger partial charge in [0.1, 0.15) is 0 Å². The van der Waals surface area contributed by atoms with E-state index in [0.29, 0.717) is 19.4 Å². The van der Waals surface area contributed by atoms with Crippen LogP contribution in [0.25, 0.3) is 0 Å². The molecule has 0 nitrogen and oxygen atoms in total. The second-order valence-electron chi connectivity index (χ2n) is 2.00. The molecule has 0 N–H and O–H groups in total. The second-order valence-corrected chi connectivity index (χ2v) is 4.46. The van der Waals surface area contributed by atoms with Crippen LogP contribution in [0, 0.1) is 0 Å². The molecular formula is C7H12AlTi. The summed E-state index contributed by atoms with van der Waals surface area (Å²) in [5.74, 6) is 4.53. The molecule has 0 atom stereocenters. The second kappa shape index (κ2) is 6.84. The summed E-state index contributed by atoms with van der Waals surface area (Å²) in [6, 6.07) is 0. The van der Waals surface area contributed by atoms with Gasteiger partial charge in [-0.15, -0.1) is 11.6 Å². The van der Waals surface area contributed by atoms with E-state index in [4.69, 9.17) is 0 Å². The van der Waals surface area contributed by atoms with Crippen LogP contribution < -0.4 is 0 Å². The zero-order chi connectivity index (χ0) is 7.11. The first-order valence-corrected chi connectivity index (χ1v) is 7.10. The van der Waals surface area contributed by atoms with Crippen molar-refractivity contribution in [1.82, 2.24) is 0 Å². The quantitative estimate of drug-likeness (QED) is 0.488. The third-order valence-electron chi connectivity index (χ3n) is 0.748. The van der Waals surface area contributed by atoms with E-state index in [0.717, 1.165) is 0 Å². The van der Waals surface area contributed by atoms with E-state index >= 15 is 0 Å².